The van der Waals surface area contributed by atoms with Gasteiger partial charge in [0.2, 0.25) is 4.77 Å². The molecule has 2 aromatic carbocycles. The molecule has 0 spiro atoms. The number of hydrogen-bond donors (Lipinski definition) is 2. The third kappa shape index (κ3) is 5.18. The van der Waals surface area contributed by atoms with Gasteiger partial charge in [-0.15, -0.1) is 0 Å². The summed E-state index contributed by atoms with van der Waals surface area (Å²) in [4.78, 5) is 4.03. The second kappa shape index (κ2) is 10.3. The van der Waals surface area contributed by atoms with Crippen molar-refractivity contribution in [1.29, 1.82) is 0 Å². The van der Waals surface area contributed by atoms with Crippen LogP contribution in [0, 0.1) is 10.6 Å². The highest BCUT2D eigenvalue weighted by molar-refractivity contribution is 9.10. The standard InChI is InChI=1S/C22H18BrClFN5O2S/c1-31-19-10-13(9-16(23)20(19)32-12-15-17(24)3-2-4-18(15)25)11-27-30-21(28-29-22(30)33)14-5-7-26-8-6-14/h2-10,27H,11-12H2,1H3,(H,29,33). The van der Waals surface area contributed by atoms with Crippen molar-refractivity contribution in [2.75, 3.05) is 12.5 Å². The van der Waals surface area contributed by atoms with Gasteiger partial charge in [0.1, 0.15) is 12.4 Å². The lowest BCUT2D eigenvalue weighted by Crippen LogP contribution is -2.16. The van der Waals surface area contributed by atoms with E-state index in [0.717, 1.165) is 11.1 Å². The summed E-state index contributed by atoms with van der Waals surface area (Å²) in [6.07, 6.45) is 3.37. The molecule has 0 bridgehead atoms. The van der Waals surface area contributed by atoms with Crippen molar-refractivity contribution in [3.63, 3.8) is 0 Å². The molecular weight excluding hydrogens is 533 g/mol. The number of aromatic amines is 1. The Morgan fingerprint density at radius 1 is 1.24 bits per heavy atom. The largest absolute Gasteiger partial charge is 0.493 e. The van der Waals surface area contributed by atoms with Crippen LogP contribution in [0.15, 0.2) is 59.3 Å². The number of rotatable bonds is 8. The van der Waals surface area contributed by atoms with Crippen molar-refractivity contribution in [1.82, 2.24) is 19.9 Å². The van der Waals surface area contributed by atoms with Gasteiger partial charge in [-0.2, -0.15) is 5.10 Å². The predicted molar refractivity (Wildman–Crippen MR) is 130 cm³/mol. The molecule has 4 aromatic rings. The van der Waals surface area contributed by atoms with E-state index in [9.17, 15) is 4.39 Å². The van der Waals surface area contributed by atoms with Crippen molar-refractivity contribution in [2.45, 2.75) is 13.2 Å². The monoisotopic (exact) mass is 549 g/mol. The minimum atomic E-state index is -0.430. The highest BCUT2D eigenvalue weighted by Crippen LogP contribution is 2.38. The number of halogens is 3. The Balaban J connectivity index is 1.53. The van der Waals surface area contributed by atoms with Gasteiger partial charge in [0, 0.05) is 23.5 Å². The van der Waals surface area contributed by atoms with Crippen molar-refractivity contribution in [2.24, 2.45) is 0 Å². The van der Waals surface area contributed by atoms with E-state index in [1.54, 1.807) is 29.2 Å². The molecule has 0 saturated heterocycles. The third-order valence-corrected chi connectivity index (χ3v) is 5.98. The van der Waals surface area contributed by atoms with E-state index in [4.69, 9.17) is 33.3 Å². The van der Waals surface area contributed by atoms with Crippen LogP contribution >= 0.6 is 39.7 Å². The van der Waals surface area contributed by atoms with Gasteiger partial charge in [-0.3, -0.25) is 4.98 Å². The number of ether oxygens (including phenoxy) is 2. The SMILES string of the molecule is COc1cc(CNn2c(-c3ccncc3)n[nH]c2=S)cc(Br)c1OCc1c(F)cccc1Cl. The van der Waals surface area contributed by atoms with E-state index >= 15 is 0 Å². The van der Waals surface area contributed by atoms with Gasteiger partial charge in [0.15, 0.2) is 17.3 Å². The molecule has 0 radical (unpaired) electrons. The Hall–Kier alpha value is -2.95. The lowest BCUT2D eigenvalue weighted by atomic mass is 10.2. The number of methoxy groups -OCH3 is 1. The summed E-state index contributed by atoms with van der Waals surface area (Å²) < 4.78 is 28.2. The Morgan fingerprint density at radius 2 is 2.03 bits per heavy atom. The summed E-state index contributed by atoms with van der Waals surface area (Å²) in [7, 11) is 1.54. The van der Waals surface area contributed by atoms with E-state index in [1.807, 2.05) is 24.3 Å². The lowest BCUT2D eigenvalue weighted by molar-refractivity contribution is 0.278. The van der Waals surface area contributed by atoms with E-state index in [2.05, 4.69) is 36.5 Å². The number of aromatic nitrogens is 4. The quantitative estimate of drug-likeness (QED) is 0.267. The van der Waals surface area contributed by atoms with Gasteiger partial charge >= 0.3 is 0 Å². The van der Waals surface area contributed by atoms with Crippen molar-refractivity contribution < 1.29 is 13.9 Å². The first-order chi connectivity index (χ1) is 16.0. The van der Waals surface area contributed by atoms with Crippen LogP contribution < -0.4 is 14.9 Å². The van der Waals surface area contributed by atoms with Gasteiger partial charge in [0.05, 0.1) is 23.1 Å². The first-order valence-electron chi connectivity index (χ1n) is 9.71. The predicted octanol–water partition coefficient (Wildman–Crippen LogP) is 5.89. The van der Waals surface area contributed by atoms with Crippen molar-refractivity contribution in [3.8, 4) is 22.9 Å². The van der Waals surface area contributed by atoms with Crippen LogP contribution in [0.5, 0.6) is 11.5 Å². The molecule has 2 aromatic heterocycles. The van der Waals surface area contributed by atoms with Crippen LogP contribution in [0.3, 0.4) is 0 Å². The van der Waals surface area contributed by atoms with Crippen LogP contribution in [0.25, 0.3) is 11.4 Å². The summed E-state index contributed by atoms with van der Waals surface area (Å²) in [5.74, 6) is 1.13. The molecule has 170 valence electrons. The molecule has 0 fully saturated rings. The van der Waals surface area contributed by atoms with Gasteiger partial charge in [-0.1, -0.05) is 17.7 Å². The molecule has 0 aliphatic rings. The minimum absolute atomic E-state index is 0.0441. The van der Waals surface area contributed by atoms with E-state index < -0.39 is 5.82 Å². The van der Waals surface area contributed by atoms with Gasteiger partial charge in [0.25, 0.3) is 0 Å². The first kappa shape index (κ1) is 23.2. The summed E-state index contributed by atoms with van der Waals surface area (Å²) >= 11 is 15.0. The topological polar surface area (TPSA) is 77.0 Å². The Bertz CT molecular complexity index is 1310. The maximum Gasteiger partial charge on any atom is 0.214 e. The second-order valence-electron chi connectivity index (χ2n) is 6.86. The zero-order valence-corrected chi connectivity index (χ0v) is 20.5. The van der Waals surface area contributed by atoms with E-state index in [0.29, 0.717) is 38.1 Å². The Kier molecular flexibility index (Phi) is 7.26. The Labute approximate surface area is 207 Å². The molecular formula is C22H18BrClFN5O2S. The number of pyridine rings is 1. The number of nitrogens with one attached hydrogen (secondary N) is 2. The average molecular weight is 551 g/mol. The molecule has 11 heteroatoms. The molecule has 0 unspecified atom stereocenters. The number of H-pyrrole nitrogens is 1. The maximum atomic E-state index is 14.1. The fourth-order valence-corrected chi connectivity index (χ4v) is 4.16. The van der Waals surface area contributed by atoms with Crippen LogP contribution in [0.1, 0.15) is 11.1 Å². The number of nitrogens with zero attached hydrogens (tertiary/aromatic N) is 3. The van der Waals surface area contributed by atoms with E-state index in [-0.39, 0.29) is 12.2 Å². The molecule has 0 amide bonds. The van der Waals surface area contributed by atoms with Crippen molar-refractivity contribution >= 4 is 39.7 Å². The lowest BCUT2D eigenvalue weighted by Gasteiger charge is -2.16. The second-order valence-corrected chi connectivity index (χ2v) is 8.50. The maximum absolute atomic E-state index is 14.1. The average Bonchev–Trinajstić information content (AvgIpc) is 3.18. The molecule has 2 N–H and O–H groups in total. The van der Waals surface area contributed by atoms with Gasteiger partial charge < -0.3 is 14.9 Å². The first-order valence-corrected chi connectivity index (χ1v) is 11.3. The normalized spacial score (nSPS) is 10.8. The zero-order chi connectivity index (χ0) is 23.4. The van der Waals surface area contributed by atoms with Crippen LogP contribution in [-0.4, -0.2) is 27.0 Å². The summed E-state index contributed by atoms with van der Waals surface area (Å²) in [6, 6.07) is 11.9. The fraction of sp³-hybridized carbons (Fsp3) is 0.136. The number of hydrogen-bond acceptors (Lipinski definition) is 6. The van der Waals surface area contributed by atoms with Crippen LogP contribution in [0.4, 0.5) is 4.39 Å². The van der Waals surface area contributed by atoms with Gasteiger partial charge in [-0.05, 0) is 70.1 Å². The summed E-state index contributed by atoms with van der Waals surface area (Å²) in [5.41, 5.74) is 5.28. The zero-order valence-electron chi connectivity index (χ0n) is 17.3. The Morgan fingerprint density at radius 3 is 2.76 bits per heavy atom. The fourth-order valence-electron chi connectivity index (χ4n) is 3.14. The smallest absolute Gasteiger partial charge is 0.214 e. The molecule has 0 aliphatic carbocycles. The van der Waals surface area contributed by atoms with E-state index in [1.165, 1.54) is 13.2 Å². The summed E-state index contributed by atoms with van der Waals surface area (Å²) in [5, 5.41) is 7.38. The number of benzene rings is 2. The van der Waals surface area contributed by atoms with Gasteiger partial charge in [-0.25, -0.2) is 14.2 Å². The molecule has 0 aliphatic heterocycles. The van der Waals surface area contributed by atoms with Crippen LogP contribution in [0.2, 0.25) is 5.02 Å². The van der Waals surface area contributed by atoms with Crippen molar-refractivity contribution in [3.05, 3.63) is 86.1 Å². The molecule has 0 saturated carbocycles. The molecule has 7 nitrogen and oxygen atoms in total. The minimum Gasteiger partial charge on any atom is -0.493 e. The highest BCUT2D eigenvalue weighted by Gasteiger charge is 2.15. The molecule has 33 heavy (non-hydrogen) atoms. The molecule has 4 rings (SSSR count). The highest BCUT2D eigenvalue weighted by atomic mass is 79.9. The third-order valence-electron chi connectivity index (χ3n) is 4.76. The molecule has 0 atom stereocenters. The van der Waals surface area contributed by atoms with Crippen LogP contribution in [-0.2, 0) is 13.2 Å². The molecule has 2 heterocycles. The summed E-state index contributed by atoms with van der Waals surface area (Å²) in [6.45, 7) is 0.373.